The smallest absolute Gasteiger partial charge is 0.165 e. The first-order chi connectivity index (χ1) is 7.63. The summed E-state index contributed by atoms with van der Waals surface area (Å²) >= 11 is 0. The first-order valence-electron chi connectivity index (χ1n) is 5.64. The molecule has 0 fully saturated rings. The Morgan fingerprint density at radius 3 is 2.56 bits per heavy atom. The first-order valence-corrected chi connectivity index (χ1v) is 5.64. The molecule has 0 aliphatic rings. The largest absolute Gasteiger partial charge is 0.494 e. The monoisotopic (exact) mass is 225 g/mol. The van der Waals surface area contributed by atoms with Gasteiger partial charge in [-0.05, 0) is 30.7 Å². The molecule has 1 aromatic rings. The van der Waals surface area contributed by atoms with Crippen molar-refractivity contribution in [2.75, 3.05) is 14.2 Å². The summed E-state index contributed by atoms with van der Waals surface area (Å²) in [4.78, 5) is 0. The maximum Gasteiger partial charge on any atom is 0.165 e. The molecule has 0 aliphatic heterocycles. The molecule has 0 radical (unpaired) electrons. The quantitative estimate of drug-likeness (QED) is 0.831. The summed E-state index contributed by atoms with van der Waals surface area (Å²) in [5.74, 6) is 0.462. The summed E-state index contributed by atoms with van der Waals surface area (Å²) in [6.07, 6.45) is 1.05. The SMILES string of the molecule is CCC(C)C(NC)c1ccc(OC)c(F)c1. The van der Waals surface area contributed by atoms with E-state index in [1.807, 2.05) is 13.1 Å². The number of ether oxygens (including phenoxy) is 1. The normalized spacial score (nSPS) is 14.6. The highest BCUT2D eigenvalue weighted by Crippen LogP contribution is 2.27. The van der Waals surface area contributed by atoms with E-state index in [-0.39, 0.29) is 11.9 Å². The van der Waals surface area contributed by atoms with E-state index in [0.717, 1.165) is 12.0 Å². The van der Waals surface area contributed by atoms with Gasteiger partial charge in [-0.25, -0.2) is 4.39 Å². The topological polar surface area (TPSA) is 21.3 Å². The molecular weight excluding hydrogens is 205 g/mol. The Morgan fingerprint density at radius 2 is 2.12 bits per heavy atom. The Hall–Kier alpha value is -1.09. The fourth-order valence-corrected chi connectivity index (χ4v) is 1.89. The molecule has 0 aromatic heterocycles. The zero-order chi connectivity index (χ0) is 12.1. The van der Waals surface area contributed by atoms with Gasteiger partial charge in [0.2, 0.25) is 0 Å². The molecule has 0 saturated carbocycles. The van der Waals surface area contributed by atoms with Crippen LogP contribution in [-0.2, 0) is 0 Å². The van der Waals surface area contributed by atoms with Crippen LogP contribution in [0.3, 0.4) is 0 Å². The maximum atomic E-state index is 13.6. The fourth-order valence-electron chi connectivity index (χ4n) is 1.89. The fraction of sp³-hybridized carbons (Fsp3) is 0.538. The van der Waals surface area contributed by atoms with Gasteiger partial charge in [0.1, 0.15) is 0 Å². The van der Waals surface area contributed by atoms with Crippen LogP contribution < -0.4 is 10.1 Å². The zero-order valence-corrected chi connectivity index (χ0v) is 10.4. The molecule has 1 aromatic carbocycles. The van der Waals surface area contributed by atoms with Crippen molar-refractivity contribution in [2.24, 2.45) is 5.92 Å². The summed E-state index contributed by atoms with van der Waals surface area (Å²) in [6, 6.07) is 5.32. The van der Waals surface area contributed by atoms with E-state index in [4.69, 9.17) is 4.74 Å². The lowest BCUT2D eigenvalue weighted by Crippen LogP contribution is -2.23. The van der Waals surface area contributed by atoms with E-state index < -0.39 is 0 Å². The van der Waals surface area contributed by atoms with Crippen LogP contribution in [0.5, 0.6) is 5.75 Å². The van der Waals surface area contributed by atoms with Gasteiger partial charge in [-0.2, -0.15) is 0 Å². The molecule has 0 heterocycles. The van der Waals surface area contributed by atoms with Crippen molar-refractivity contribution >= 4 is 0 Å². The molecule has 0 amide bonds. The number of benzene rings is 1. The average Bonchev–Trinajstić information content (AvgIpc) is 2.30. The number of rotatable bonds is 5. The molecule has 1 rings (SSSR count). The van der Waals surface area contributed by atoms with Gasteiger partial charge in [0.15, 0.2) is 11.6 Å². The van der Waals surface area contributed by atoms with Crippen LogP contribution in [0.4, 0.5) is 4.39 Å². The van der Waals surface area contributed by atoms with Crippen LogP contribution >= 0.6 is 0 Å². The van der Waals surface area contributed by atoms with E-state index in [9.17, 15) is 4.39 Å². The second kappa shape index (κ2) is 5.85. The van der Waals surface area contributed by atoms with Gasteiger partial charge in [-0.15, -0.1) is 0 Å². The van der Waals surface area contributed by atoms with E-state index in [0.29, 0.717) is 11.7 Å². The first kappa shape index (κ1) is 13.0. The van der Waals surface area contributed by atoms with Crippen LogP contribution in [0, 0.1) is 11.7 Å². The van der Waals surface area contributed by atoms with Crippen LogP contribution in [0.1, 0.15) is 31.9 Å². The van der Waals surface area contributed by atoms with E-state index in [1.54, 1.807) is 12.1 Å². The third-order valence-corrected chi connectivity index (χ3v) is 3.06. The molecule has 0 saturated heterocycles. The van der Waals surface area contributed by atoms with E-state index >= 15 is 0 Å². The Bertz CT molecular complexity index is 341. The van der Waals surface area contributed by atoms with Crippen molar-refractivity contribution in [1.29, 1.82) is 0 Å². The van der Waals surface area contributed by atoms with Gasteiger partial charge in [0.05, 0.1) is 7.11 Å². The molecule has 16 heavy (non-hydrogen) atoms. The number of methoxy groups -OCH3 is 1. The number of nitrogens with one attached hydrogen (secondary N) is 1. The van der Waals surface area contributed by atoms with Crippen molar-refractivity contribution in [3.63, 3.8) is 0 Å². The summed E-state index contributed by atoms with van der Waals surface area (Å²) in [6.45, 7) is 4.29. The molecule has 0 bridgehead atoms. The second-order valence-corrected chi connectivity index (χ2v) is 4.05. The standard InChI is InChI=1S/C13H20FNO/c1-5-9(2)13(15-3)10-6-7-12(16-4)11(14)8-10/h6-9,13,15H,5H2,1-4H3. The highest BCUT2D eigenvalue weighted by molar-refractivity contribution is 5.31. The highest BCUT2D eigenvalue weighted by Gasteiger charge is 2.17. The van der Waals surface area contributed by atoms with Gasteiger partial charge < -0.3 is 10.1 Å². The second-order valence-electron chi connectivity index (χ2n) is 4.05. The minimum atomic E-state index is -0.302. The zero-order valence-electron chi connectivity index (χ0n) is 10.4. The van der Waals surface area contributed by atoms with Gasteiger partial charge in [-0.1, -0.05) is 26.3 Å². The Labute approximate surface area is 96.8 Å². The molecule has 1 N–H and O–H groups in total. The Balaban J connectivity index is 2.98. The van der Waals surface area contributed by atoms with E-state index in [2.05, 4.69) is 19.2 Å². The van der Waals surface area contributed by atoms with Crippen LogP contribution in [0.25, 0.3) is 0 Å². The van der Waals surface area contributed by atoms with Crippen molar-refractivity contribution in [3.05, 3.63) is 29.6 Å². The Morgan fingerprint density at radius 1 is 1.44 bits per heavy atom. The number of hydrogen-bond donors (Lipinski definition) is 1. The minimum Gasteiger partial charge on any atom is -0.494 e. The molecule has 2 atom stereocenters. The van der Waals surface area contributed by atoms with Gasteiger partial charge in [-0.3, -0.25) is 0 Å². The maximum absolute atomic E-state index is 13.6. The Kier molecular flexibility index (Phi) is 4.74. The van der Waals surface area contributed by atoms with Crippen molar-refractivity contribution in [1.82, 2.24) is 5.32 Å². The molecule has 0 aliphatic carbocycles. The third-order valence-electron chi connectivity index (χ3n) is 3.06. The van der Waals surface area contributed by atoms with Gasteiger partial charge in [0, 0.05) is 6.04 Å². The lowest BCUT2D eigenvalue weighted by Gasteiger charge is -2.23. The summed E-state index contributed by atoms with van der Waals surface area (Å²) in [5, 5.41) is 3.23. The van der Waals surface area contributed by atoms with Gasteiger partial charge in [0.25, 0.3) is 0 Å². The van der Waals surface area contributed by atoms with E-state index in [1.165, 1.54) is 7.11 Å². The summed E-state index contributed by atoms with van der Waals surface area (Å²) in [5.41, 5.74) is 0.968. The summed E-state index contributed by atoms with van der Waals surface area (Å²) in [7, 11) is 3.38. The van der Waals surface area contributed by atoms with Crippen molar-refractivity contribution in [3.8, 4) is 5.75 Å². The minimum absolute atomic E-state index is 0.186. The van der Waals surface area contributed by atoms with Crippen molar-refractivity contribution in [2.45, 2.75) is 26.3 Å². The molecule has 2 unspecified atom stereocenters. The molecule has 3 heteroatoms. The van der Waals surface area contributed by atoms with Crippen LogP contribution in [0.2, 0.25) is 0 Å². The molecule has 2 nitrogen and oxygen atoms in total. The van der Waals surface area contributed by atoms with Crippen molar-refractivity contribution < 1.29 is 9.13 Å². The lowest BCUT2D eigenvalue weighted by atomic mass is 9.92. The number of halogens is 1. The predicted molar refractivity (Wildman–Crippen MR) is 64.2 cm³/mol. The highest BCUT2D eigenvalue weighted by atomic mass is 19.1. The summed E-state index contributed by atoms with van der Waals surface area (Å²) < 4.78 is 18.5. The average molecular weight is 225 g/mol. The van der Waals surface area contributed by atoms with Crippen LogP contribution in [-0.4, -0.2) is 14.2 Å². The molecular formula is C13H20FNO. The van der Waals surface area contributed by atoms with Gasteiger partial charge >= 0.3 is 0 Å². The van der Waals surface area contributed by atoms with Crippen LogP contribution in [0.15, 0.2) is 18.2 Å². The number of hydrogen-bond acceptors (Lipinski definition) is 2. The molecule has 90 valence electrons. The molecule has 0 spiro atoms. The lowest BCUT2D eigenvalue weighted by molar-refractivity contribution is 0.379. The third kappa shape index (κ3) is 2.73. The predicted octanol–water partition coefficient (Wildman–Crippen LogP) is 3.14.